The van der Waals surface area contributed by atoms with Gasteiger partial charge in [0.05, 0.1) is 39.3 Å². The van der Waals surface area contributed by atoms with Crippen molar-refractivity contribution in [1.29, 1.82) is 0 Å². The third kappa shape index (κ3) is 226. The zero-order valence-corrected chi connectivity index (χ0v) is 26.9. The second-order valence-electron chi connectivity index (χ2n) is 3.59. The number of rotatable bonds is 6. The van der Waals surface area contributed by atoms with Gasteiger partial charge in [-0.15, -0.1) is 0 Å². The first-order chi connectivity index (χ1) is 13.6. The van der Waals surface area contributed by atoms with E-state index in [1.165, 1.54) is 0 Å². The number of hydrogen-bond acceptors (Lipinski definition) is 12. The molecule has 0 atom stereocenters. The minimum Gasteiger partial charge on any atom is -0.480 e. The van der Waals surface area contributed by atoms with Gasteiger partial charge in [0.15, 0.2) is 0 Å². The summed E-state index contributed by atoms with van der Waals surface area (Å²) in [4.78, 5) is 55.5. The maximum absolute atomic E-state index is 9.24. The van der Waals surface area contributed by atoms with Crippen molar-refractivity contribution in [1.82, 2.24) is 0 Å². The van der Waals surface area contributed by atoms with Crippen LogP contribution in [0.3, 0.4) is 0 Å². The molecule has 186 valence electrons. The van der Waals surface area contributed by atoms with Gasteiger partial charge in [-0.3, -0.25) is 28.8 Å². The Morgan fingerprint density at radius 2 is 0.364 bits per heavy atom. The quantitative estimate of drug-likeness (QED) is 0.119. The van der Waals surface area contributed by atoms with Crippen LogP contribution in [-0.2, 0) is 87.2 Å². The molecule has 18 N–H and O–H groups in total. The number of carboxylic acid groups (broad SMARTS) is 6. The molecule has 21 heteroatoms. The number of carbonyl (C=O) groups is 6. The molecule has 0 saturated heterocycles. The molecule has 0 amide bonds. The minimum atomic E-state index is -0.968. The van der Waals surface area contributed by atoms with E-state index in [2.05, 4.69) is 34.4 Å². The molecule has 0 bridgehead atoms. The number of nitrogens with two attached hydrogens (primary N) is 6. The van der Waals surface area contributed by atoms with Gasteiger partial charge in [0.25, 0.3) is 0 Å². The standard InChI is InChI=1S/6C2H5NO2.3Zn/c6*3-1-2(4)5;;;/h6*1,3H2,(H,4,5);;;. The molecule has 0 saturated carbocycles. The SMILES string of the molecule is NCC(=O)O.NCC(=O)O.NCC(=O)O.NCC(=O)O.NCC(=O)O.NCC(=O)O.[Zn].[Zn].[Zn]. The average molecular weight is 647 g/mol. The topological polar surface area (TPSA) is 380 Å². The fraction of sp³-hybridized carbons (Fsp3) is 0.500. The summed E-state index contributed by atoms with van der Waals surface area (Å²) in [6.07, 6.45) is 0. The van der Waals surface area contributed by atoms with E-state index in [4.69, 9.17) is 30.6 Å². The van der Waals surface area contributed by atoms with Crippen LogP contribution in [0.25, 0.3) is 0 Å². The number of aliphatic carboxylic acids is 6. The largest absolute Gasteiger partial charge is 0.480 e. The van der Waals surface area contributed by atoms with Crippen LogP contribution in [-0.4, -0.2) is 106 Å². The van der Waals surface area contributed by atoms with Crippen molar-refractivity contribution in [3.63, 3.8) is 0 Å². The summed E-state index contributed by atoms with van der Waals surface area (Å²) < 4.78 is 0. The van der Waals surface area contributed by atoms with Gasteiger partial charge in [-0.2, -0.15) is 0 Å². The summed E-state index contributed by atoms with van der Waals surface area (Å²) in [5.41, 5.74) is 27.4. The molecule has 18 nitrogen and oxygen atoms in total. The molecule has 0 fully saturated rings. The van der Waals surface area contributed by atoms with Gasteiger partial charge in [-0.1, -0.05) is 0 Å². The fourth-order valence-corrected chi connectivity index (χ4v) is 0. The van der Waals surface area contributed by atoms with Gasteiger partial charge in [0, 0.05) is 58.4 Å². The monoisotopic (exact) mass is 642 g/mol. The van der Waals surface area contributed by atoms with Gasteiger partial charge >= 0.3 is 35.8 Å². The maximum atomic E-state index is 9.24. The molecule has 0 heterocycles. The van der Waals surface area contributed by atoms with Crippen molar-refractivity contribution in [2.45, 2.75) is 0 Å². The minimum absolute atomic E-state index is 0. The van der Waals surface area contributed by atoms with Crippen molar-refractivity contribution >= 4 is 35.8 Å². The first-order valence-corrected chi connectivity index (χ1v) is 7.14. The molecule has 0 aromatic carbocycles. The average Bonchev–Trinajstić information content (AvgIpc) is 2.69. The fourth-order valence-electron chi connectivity index (χ4n) is 0. The molecule has 0 aliphatic heterocycles. The first-order valence-electron chi connectivity index (χ1n) is 7.14. The zero-order chi connectivity index (χ0) is 25.7. The van der Waals surface area contributed by atoms with Crippen LogP contribution in [0.2, 0.25) is 0 Å². The number of carboxylic acids is 6. The number of hydrogen-bond donors (Lipinski definition) is 12. The van der Waals surface area contributed by atoms with Crippen LogP contribution >= 0.6 is 0 Å². The Bertz CT molecular complexity index is 381. The van der Waals surface area contributed by atoms with Gasteiger partial charge in [0.1, 0.15) is 0 Å². The molecule has 0 aliphatic rings. The summed E-state index contributed by atoms with van der Waals surface area (Å²) in [6.45, 7) is -1.67. The Morgan fingerprint density at radius 3 is 0.364 bits per heavy atom. The van der Waals surface area contributed by atoms with E-state index in [0.29, 0.717) is 0 Å². The molecule has 0 aromatic rings. The van der Waals surface area contributed by atoms with Crippen molar-refractivity contribution in [3.8, 4) is 0 Å². The van der Waals surface area contributed by atoms with Crippen LogP contribution in [0.15, 0.2) is 0 Å². The van der Waals surface area contributed by atoms with E-state index < -0.39 is 35.8 Å². The molecule has 0 spiro atoms. The molecular formula is C12H30N6O12Zn3. The molecule has 0 aromatic heterocycles. The summed E-state index contributed by atoms with van der Waals surface area (Å²) >= 11 is 0. The Balaban J connectivity index is -0.0000000294. The zero-order valence-electron chi connectivity index (χ0n) is 18.0. The van der Waals surface area contributed by atoms with E-state index in [1.54, 1.807) is 0 Å². The van der Waals surface area contributed by atoms with Crippen LogP contribution in [0, 0.1) is 0 Å². The Kier molecular flexibility index (Phi) is 91.9. The van der Waals surface area contributed by atoms with E-state index in [-0.39, 0.29) is 97.7 Å². The summed E-state index contributed by atoms with van der Waals surface area (Å²) in [7, 11) is 0. The van der Waals surface area contributed by atoms with E-state index in [1.807, 2.05) is 0 Å². The van der Waals surface area contributed by atoms with E-state index in [0.717, 1.165) is 0 Å². The maximum Gasteiger partial charge on any atom is 0.317 e. The Labute approximate surface area is 226 Å². The van der Waals surface area contributed by atoms with Crippen LogP contribution < -0.4 is 34.4 Å². The molecular weight excluding hydrogens is 616 g/mol. The Morgan fingerprint density at radius 1 is 0.333 bits per heavy atom. The van der Waals surface area contributed by atoms with E-state index >= 15 is 0 Å². The van der Waals surface area contributed by atoms with Crippen molar-refractivity contribution < 1.29 is 118 Å². The summed E-state index contributed by atoms with van der Waals surface area (Å²) in [6, 6.07) is 0. The molecule has 0 radical (unpaired) electrons. The van der Waals surface area contributed by atoms with Crippen LogP contribution in [0.4, 0.5) is 0 Å². The molecule has 33 heavy (non-hydrogen) atoms. The van der Waals surface area contributed by atoms with Gasteiger partial charge in [0.2, 0.25) is 0 Å². The van der Waals surface area contributed by atoms with Crippen LogP contribution in [0.1, 0.15) is 0 Å². The van der Waals surface area contributed by atoms with Gasteiger partial charge in [-0.05, 0) is 0 Å². The van der Waals surface area contributed by atoms with Gasteiger partial charge < -0.3 is 65.0 Å². The summed E-state index contributed by atoms with van der Waals surface area (Å²) in [5.74, 6) is -5.81. The Hall–Kier alpha value is -1.55. The smallest absolute Gasteiger partial charge is 0.317 e. The van der Waals surface area contributed by atoms with Crippen LogP contribution in [0.5, 0.6) is 0 Å². The second kappa shape index (κ2) is 52.4. The third-order valence-electron chi connectivity index (χ3n) is 1.05. The van der Waals surface area contributed by atoms with Gasteiger partial charge in [-0.25, -0.2) is 0 Å². The molecule has 0 unspecified atom stereocenters. The second-order valence-corrected chi connectivity index (χ2v) is 3.59. The third-order valence-corrected chi connectivity index (χ3v) is 1.05. The molecule has 0 rings (SSSR count). The normalized spacial score (nSPS) is 6.73. The predicted octanol–water partition coefficient (Wildman–Crippen LogP) is -5.83. The first kappa shape index (κ1) is 57.9. The van der Waals surface area contributed by atoms with Crippen molar-refractivity contribution in [2.75, 3.05) is 39.3 Å². The van der Waals surface area contributed by atoms with E-state index in [9.17, 15) is 28.8 Å². The molecule has 0 aliphatic carbocycles. The van der Waals surface area contributed by atoms with Crippen molar-refractivity contribution in [3.05, 3.63) is 0 Å². The predicted molar refractivity (Wildman–Crippen MR) is 100 cm³/mol. The summed E-state index contributed by atoms with van der Waals surface area (Å²) in [5, 5.41) is 45.6. The van der Waals surface area contributed by atoms with Crippen molar-refractivity contribution in [2.24, 2.45) is 34.4 Å².